The Balaban J connectivity index is 2.13. The molecule has 0 radical (unpaired) electrons. The van der Waals surface area contributed by atoms with Gasteiger partial charge < -0.3 is 15.1 Å². The molecule has 1 amide bonds. The van der Waals surface area contributed by atoms with E-state index < -0.39 is 0 Å². The molecule has 2 N–H and O–H groups in total. The topological polar surface area (TPSA) is 59.5 Å². The van der Waals surface area contributed by atoms with Crippen LogP contribution in [0.2, 0.25) is 0 Å². The zero-order valence-electron chi connectivity index (χ0n) is 10.6. The second-order valence-corrected chi connectivity index (χ2v) is 4.65. The van der Waals surface area contributed by atoms with Crippen LogP contribution in [0.25, 0.3) is 0 Å². The van der Waals surface area contributed by atoms with Crippen LogP contribution in [0.5, 0.6) is 0 Å². The largest absolute Gasteiger partial charge is 0.455 e. The fraction of sp³-hybridized carbons (Fsp3) is 0.500. The third-order valence-electron chi connectivity index (χ3n) is 3.43. The van der Waals surface area contributed by atoms with Crippen LogP contribution in [0.1, 0.15) is 42.0 Å². The predicted octanol–water partition coefficient (Wildman–Crippen LogP) is 2.31. The van der Waals surface area contributed by atoms with Crippen LogP contribution in [-0.2, 0) is 6.54 Å². The first-order valence-electron chi connectivity index (χ1n) is 6.47. The zero-order valence-corrected chi connectivity index (χ0v) is 10.6. The molecule has 18 heavy (non-hydrogen) atoms. The summed E-state index contributed by atoms with van der Waals surface area (Å²) in [5.74, 6) is 0.967. The van der Waals surface area contributed by atoms with Gasteiger partial charge in [-0.25, -0.2) is 0 Å². The summed E-state index contributed by atoms with van der Waals surface area (Å²) in [7, 11) is 0. The highest BCUT2D eigenvalue weighted by molar-refractivity contribution is 5.91. The molecule has 0 spiro atoms. The van der Waals surface area contributed by atoms with Crippen molar-refractivity contribution in [3.63, 3.8) is 0 Å². The summed E-state index contributed by atoms with van der Waals surface area (Å²) in [5.41, 5.74) is 5.49. The maximum absolute atomic E-state index is 12.4. The molecule has 0 bridgehead atoms. The van der Waals surface area contributed by atoms with E-state index in [2.05, 4.69) is 6.58 Å². The van der Waals surface area contributed by atoms with E-state index in [4.69, 9.17) is 10.2 Å². The first-order valence-corrected chi connectivity index (χ1v) is 6.47. The van der Waals surface area contributed by atoms with Gasteiger partial charge in [-0.1, -0.05) is 18.9 Å². The van der Waals surface area contributed by atoms with E-state index in [0.717, 1.165) is 12.8 Å². The standard InChI is InChI=1S/C14H20N2O2/c1-2-9-16(11-5-3-4-6-11)14(17)13-8-7-12(10-15)18-13/h2,7-8,11H,1,3-6,9-10,15H2. The number of carbonyl (C=O) groups excluding carboxylic acids is 1. The number of nitrogens with two attached hydrogens (primary N) is 1. The van der Waals surface area contributed by atoms with Gasteiger partial charge in [0, 0.05) is 12.6 Å². The molecule has 4 heteroatoms. The van der Waals surface area contributed by atoms with Gasteiger partial charge in [-0.3, -0.25) is 4.79 Å². The van der Waals surface area contributed by atoms with Gasteiger partial charge in [0.05, 0.1) is 6.54 Å². The molecule has 0 saturated heterocycles. The van der Waals surface area contributed by atoms with E-state index in [9.17, 15) is 4.79 Å². The fourth-order valence-electron chi connectivity index (χ4n) is 2.50. The van der Waals surface area contributed by atoms with Crippen LogP contribution < -0.4 is 5.73 Å². The molecule has 0 aliphatic heterocycles. The molecule has 1 aliphatic carbocycles. The van der Waals surface area contributed by atoms with Crippen LogP contribution in [-0.4, -0.2) is 23.4 Å². The molecule has 0 aromatic carbocycles. The minimum atomic E-state index is -0.0542. The number of hydrogen-bond acceptors (Lipinski definition) is 3. The highest BCUT2D eigenvalue weighted by Gasteiger charge is 2.28. The number of rotatable bonds is 5. The summed E-state index contributed by atoms with van der Waals surface area (Å²) in [6.45, 7) is 4.61. The summed E-state index contributed by atoms with van der Waals surface area (Å²) >= 11 is 0. The molecular weight excluding hydrogens is 228 g/mol. The highest BCUT2D eigenvalue weighted by atomic mass is 16.4. The molecule has 0 unspecified atom stereocenters. The van der Waals surface area contributed by atoms with Crippen molar-refractivity contribution in [2.24, 2.45) is 5.73 Å². The molecule has 1 aliphatic rings. The Morgan fingerprint density at radius 3 is 2.78 bits per heavy atom. The Kier molecular flexibility index (Phi) is 4.20. The fourth-order valence-corrected chi connectivity index (χ4v) is 2.50. The van der Waals surface area contributed by atoms with Gasteiger partial charge in [0.25, 0.3) is 5.91 Å². The van der Waals surface area contributed by atoms with Crippen LogP contribution >= 0.6 is 0 Å². The maximum Gasteiger partial charge on any atom is 0.290 e. The van der Waals surface area contributed by atoms with Crippen LogP contribution in [0.15, 0.2) is 29.2 Å². The number of carbonyl (C=O) groups is 1. The van der Waals surface area contributed by atoms with Gasteiger partial charge in [0.15, 0.2) is 5.76 Å². The van der Waals surface area contributed by atoms with Crippen molar-refractivity contribution in [2.45, 2.75) is 38.3 Å². The van der Waals surface area contributed by atoms with Crippen molar-refractivity contribution < 1.29 is 9.21 Å². The van der Waals surface area contributed by atoms with Gasteiger partial charge >= 0.3 is 0 Å². The third kappa shape index (κ3) is 2.64. The Morgan fingerprint density at radius 2 is 2.22 bits per heavy atom. The molecule has 4 nitrogen and oxygen atoms in total. The van der Waals surface area contributed by atoms with E-state index in [1.165, 1.54) is 12.8 Å². The van der Waals surface area contributed by atoms with Gasteiger partial charge in [-0.2, -0.15) is 0 Å². The lowest BCUT2D eigenvalue weighted by molar-refractivity contribution is 0.0672. The molecular formula is C14H20N2O2. The van der Waals surface area contributed by atoms with Gasteiger partial charge in [-0.05, 0) is 25.0 Å². The SMILES string of the molecule is C=CCN(C(=O)c1ccc(CN)o1)C1CCCC1. The number of amides is 1. The average molecular weight is 248 g/mol. The number of furan rings is 1. The molecule has 1 saturated carbocycles. The molecule has 1 aromatic heterocycles. The molecule has 1 fully saturated rings. The molecule has 2 rings (SSSR count). The average Bonchev–Trinajstić information content (AvgIpc) is 3.05. The van der Waals surface area contributed by atoms with Crippen molar-refractivity contribution in [2.75, 3.05) is 6.54 Å². The van der Waals surface area contributed by atoms with E-state index in [1.54, 1.807) is 18.2 Å². The minimum Gasteiger partial charge on any atom is -0.455 e. The van der Waals surface area contributed by atoms with Gasteiger partial charge in [0.1, 0.15) is 5.76 Å². The minimum absolute atomic E-state index is 0.0542. The van der Waals surface area contributed by atoms with E-state index in [1.807, 2.05) is 4.90 Å². The van der Waals surface area contributed by atoms with E-state index in [-0.39, 0.29) is 5.91 Å². The molecule has 98 valence electrons. The van der Waals surface area contributed by atoms with Crippen LogP contribution in [0.4, 0.5) is 0 Å². The van der Waals surface area contributed by atoms with Gasteiger partial charge in [-0.15, -0.1) is 6.58 Å². The number of hydrogen-bond donors (Lipinski definition) is 1. The van der Waals surface area contributed by atoms with Gasteiger partial charge in [0.2, 0.25) is 0 Å². The van der Waals surface area contributed by atoms with E-state index >= 15 is 0 Å². The first-order chi connectivity index (χ1) is 8.76. The zero-order chi connectivity index (χ0) is 13.0. The predicted molar refractivity (Wildman–Crippen MR) is 70.1 cm³/mol. The normalized spacial score (nSPS) is 15.8. The summed E-state index contributed by atoms with van der Waals surface area (Å²) in [6, 6.07) is 3.78. The van der Waals surface area contributed by atoms with E-state index in [0.29, 0.717) is 30.7 Å². The van der Waals surface area contributed by atoms with Crippen molar-refractivity contribution >= 4 is 5.91 Å². The smallest absolute Gasteiger partial charge is 0.290 e. The molecule has 1 aromatic rings. The van der Waals surface area contributed by atoms with Crippen molar-refractivity contribution in [3.05, 3.63) is 36.3 Å². The quantitative estimate of drug-likeness (QED) is 0.813. The lowest BCUT2D eigenvalue weighted by Gasteiger charge is -2.26. The van der Waals surface area contributed by atoms with Crippen molar-refractivity contribution in [1.82, 2.24) is 4.90 Å². The van der Waals surface area contributed by atoms with Crippen molar-refractivity contribution in [1.29, 1.82) is 0 Å². The Labute approximate surface area is 107 Å². The van der Waals surface area contributed by atoms with Crippen molar-refractivity contribution in [3.8, 4) is 0 Å². The molecule has 1 heterocycles. The summed E-state index contributed by atoms with van der Waals surface area (Å²) in [6.07, 6.45) is 6.30. The monoisotopic (exact) mass is 248 g/mol. The maximum atomic E-state index is 12.4. The Bertz CT molecular complexity index is 419. The number of nitrogens with zero attached hydrogens (tertiary/aromatic N) is 1. The Hall–Kier alpha value is -1.55. The first kappa shape index (κ1) is 12.9. The lowest BCUT2D eigenvalue weighted by Crippen LogP contribution is -2.38. The third-order valence-corrected chi connectivity index (χ3v) is 3.43. The second-order valence-electron chi connectivity index (χ2n) is 4.65. The molecule has 0 atom stereocenters. The van der Waals surface area contributed by atoms with Crippen LogP contribution in [0.3, 0.4) is 0 Å². The highest BCUT2D eigenvalue weighted by Crippen LogP contribution is 2.25. The Morgan fingerprint density at radius 1 is 1.50 bits per heavy atom. The summed E-state index contributed by atoms with van der Waals surface area (Å²) < 4.78 is 5.43. The van der Waals surface area contributed by atoms with Crippen LogP contribution in [0, 0.1) is 0 Å². The summed E-state index contributed by atoms with van der Waals surface area (Å²) in [4.78, 5) is 14.3. The summed E-state index contributed by atoms with van der Waals surface area (Å²) in [5, 5.41) is 0. The second kappa shape index (κ2) is 5.87. The lowest BCUT2D eigenvalue weighted by atomic mass is 10.2.